The molecular weight excluding hydrogens is 416 g/mol. The van der Waals surface area contributed by atoms with Crippen molar-refractivity contribution in [2.75, 3.05) is 26.4 Å². The third kappa shape index (κ3) is 1.42. The summed E-state index contributed by atoms with van der Waals surface area (Å²) >= 11 is 7.29. The SMILES string of the molecule is Brc1ccc2c3c(ccc(Br)c13)C1(OCCO1)C21OCCO1. The lowest BCUT2D eigenvalue weighted by Crippen LogP contribution is -2.48. The van der Waals surface area contributed by atoms with Gasteiger partial charge in [-0.3, -0.25) is 0 Å². The molecular formula is C16H12Br2O4. The van der Waals surface area contributed by atoms with Gasteiger partial charge in [0, 0.05) is 30.8 Å². The molecule has 2 spiro atoms. The molecule has 0 bridgehead atoms. The zero-order chi connectivity index (χ0) is 14.9. The summed E-state index contributed by atoms with van der Waals surface area (Å²) in [6.07, 6.45) is 0. The summed E-state index contributed by atoms with van der Waals surface area (Å²) in [7, 11) is 0. The standard InChI is InChI=1S/C16H12Br2O4/c17-11-3-1-9-13-10(2-4-12(18)14(11)13)16(21-7-8-22-16)15(9)19-5-6-20-15/h1-4H,5-8H2. The minimum atomic E-state index is -1.01. The monoisotopic (exact) mass is 426 g/mol. The molecule has 0 atom stereocenters. The van der Waals surface area contributed by atoms with Gasteiger partial charge in [0.25, 0.3) is 11.6 Å². The lowest BCUT2D eigenvalue weighted by molar-refractivity contribution is -0.359. The molecule has 0 saturated carbocycles. The van der Waals surface area contributed by atoms with Crippen LogP contribution in [0.2, 0.25) is 0 Å². The molecule has 6 heteroatoms. The molecule has 2 aromatic rings. The fourth-order valence-electron chi connectivity index (χ4n) is 3.83. The Hall–Kier alpha value is -0.500. The van der Waals surface area contributed by atoms with Crippen LogP contribution in [-0.4, -0.2) is 26.4 Å². The Morgan fingerprint density at radius 1 is 0.636 bits per heavy atom. The molecule has 0 radical (unpaired) electrons. The first-order chi connectivity index (χ1) is 10.7. The van der Waals surface area contributed by atoms with E-state index in [1.807, 2.05) is 24.3 Å². The van der Waals surface area contributed by atoms with Gasteiger partial charge in [-0.15, -0.1) is 0 Å². The third-order valence-electron chi connectivity index (χ3n) is 4.59. The molecule has 2 aliphatic heterocycles. The summed E-state index contributed by atoms with van der Waals surface area (Å²) < 4.78 is 26.4. The second-order valence-electron chi connectivity index (χ2n) is 5.57. The van der Waals surface area contributed by atoms with Crippen molar-refractivity contribution in [3.63, 3.8) is 0 Å². The minimum Gasteiger partial charge on any atom is -0.339 e. The third-order valence-corrected chi connectivity index (χ3v) is 5.91. The van der Waals surface area contributed by atoms with Crippen molar-refractivity contribution in [2.45, 2.75) is 11.6 Å². The normalized spacial score (nSPS) is 24.1. The molecule has 2 heterocycles. The van der Waals surface area contributed by atoms with Crippen molar-refractivity contribution >= 4 is 42.6 Å². The van der Waals surface area contributed by atoms with E-state index in [2.05, 4.69) is 31.9 Å². The summed E-state index contributed by atoms with van der Waals surface area (Å²) in [6.45, 7) is 2.12. The molecule has 2 fully saturated rings. The van der Waals surface area contributed by atoms with Crippen LogP contribution >= 0.6 is 31.9 Å². The molecule has 0 aromatic heterocycles. The molecule has 2 aromatic carbocycles. The fraction of sp³-hybridized carbons (Fsp3) is 0.375. The molecule has 0 amide bonds. The highest BCUT2D eigenvalue weighted by Gasteiger charge is 2.67. The molecule has 2 saturated heterocycles. The van der Waals surface area contributed by atoms with E-state index >= 15 is 0 Å². The lowest BCUT2D eigenvalue weighted by Gasteiger charge is -2.37. The number of ether oxygens (including phenoxy) is 4. The summed E-state index contributed by atoms with van der Waals surface area (Å²) in [5, 5.41) is 2.16. The maximum absolute atomic E-state index is 6.09. The molecule has 3 aliphatic rings. The quantitative estimate of drug-likeness (QED) is 0.641. The molecule has 0 N–H and O–H groups in total. The maximum atomic E-state index is 6.09. The Morgan fingerprint density at radius 2 is 1.05 bits per heavy atom. The second-order valence-corrected chi connectivity index (χ2v) is 7.28. The smallest absolute Gasteiger partial charge is 0.256 e. The van der Waals surface area contributed by atoms with Crippen LogP contribution in [-0.2, 0) is 30.5 Å². The van der Waals surface area contributed by atoms with Gasteiger partial charge in [0.15, 0.2) is 0 Å². The summed E-state index contributed by atoms with van der Waals surface area (Å²) in [5.74, 6) is -2.02. The Labute approximate surface area is 143 Å². The van der Waals surface area contributed by atoms with E-state index in [9.17, 15) is 0 Å². The van der Waals surface area contributed by atoms with E-state index in [4.69, 9.17) is 18.9 Å². The topological polar surface area (TPSA) is 36.9 Å². The lowest BCUT2D eigenvalue weighted by atomic mass is 10.0. The second kappa shape index (κ2) is 4.53. The summed E-state index contributed by atoms with van der Waals surface area (Å²) in [5.41, 5.74) is 1.95. The minimum absolute atomic E-state index is 0.529. The van der Waals surface area contributed by atoms with Crippen molar-refractivity contribution in [1.29, 1.82) is 0 Å². The van der Waals surface area contributed by atoms with E-state index in [0.29, 0.717) is 26.4 Å². The van der Waals surface area contributed by atoms with Gasteiger partial charge < -0.3 is 18.9 Å². The molecule has 4 nitrogen and oxygen atoms in total. The van der Waals surface area contributed by atoms with E-state index in [-0.39, 0.29) is 0 Å². The van der Waals surface area contributed by atoms with Crippen LogP contribution < -0.4 is 0 Å². The predicted molar refractivity (Wildman–Crippen MR) is 86.5 cm³/mol. The first-order valence-corrected chi connectivity index (χ1v) is 8.76. The predicted octanol–water partition coefficient (Wildman–Crippen LogP) is 3.78. The number of hydrogen-bond acceptors (Lipinski definition) is 4. The summed E-state index contributed by atoms with van der Waals surface area (Å²) in [6, 6.07) is 8.11. The highest BCUT2D eigenvalue weighted by atomic mass is 79.9. The Balaban J connectivity index is 1.95. The van der Waals surface area contributed by atoms with Gasteiger partial charge in [-0.25, -0.2) is 0 Å². The largest absolute Gasteiger partial charge is 0.339 e. The van der Waals surface area contributed by atoms with Gasteiger partial charge in [0.05, 0.1) is 26.4 Å². The van der Waals surface area contributed by atoms with Crippen molar-refractivity contribution in [3.05, 3.63) is 44.3 Å². The highest BCUT2D eigenvalue weighted by Crippen LogP contribution is 2.61. The van der Waals surface area contributed by atoms with E-state index in [0.717, 1.165) is 30.8 Å². The van der Waals surface area contributed by atoms with Gasteiger partial charge in [-0.05, 0) is 12.1 Å². The van der Waals surface area contributed by atoms with Crippen LogP contribution in [0.1, 0.15) is 11.1 Å². The fourth-order valence-corrected chi connectivity index (χ4v) is 5.19. The van der Waals surface area contributed by atoms with Crippen LogP contribution in [0.15, 0.2) is 33.2 Å². The van der Waals surface area contributed by atoms with E-state index < -0.39 is 11.6 Å². The van der Waals surface area contributed by atoms with Crippen molar-refractivity contribution in [1.82, 2.24) is 0 Å². The average molecular weight is 428 g/mol. The Kier molecular flexibility index (Phi) is 2.86. The van der Waals surface area contributed by atoms with Crippen molar-refractivity contribution in [3.8, 4) is 0 Å². The average Bonchev–Trinajstić information content (AvgIpc) is 3.21. The number of halogens is 2. The Morgan fingerprint density at radius 3 is 1.45 bits per heavy atom. The van der Waals surface area contributed by atoms with Crippen LogP contribution in [0.5, 0.6) is 0 Å². The van der Waals surface area contributed by atoms with Gasteiger partial charge >= 0.3 is 0 Å². The molecule has 5 rings (SSSR count). The molecule has 22 heavy (non-hydrogen) atoms. The maximum Gasteiger partial charge on any atom is 0.256 e. The van der Waals surface area contributed by atoms with Crippen LogP contribution in [0.4, 0.5) is 0 Å². The first-order valence-electron chi connectivity index (χ1n) is 7.17. The number of hydrogen-bond donors (Lipinski definition) is 0. The zero-order valence-electron chi connectivity index (χ0n) is 11.5. The molecule has 114 valence electrons. The van der Waals surface area contributed by atoms with Crippen molar-refractivity contribution < 1.29 is 18.9 Å². The number of fused-ring (bicyclic) bond motifs is 3. The highest BCUT2D eigenvalue weighted by molar-refractivity contribution is 9.11. The summed E-state index contributed by atoms with van der Waals surface area (Å²) in [4.78, 5) is 0. The van der Waals surface area contributed by atoms with Gasteiger partial charge in [0.2, 0.25) is 0 Å². The first kappa shape index (κ1) is 13.9. The van der Waals surface area contributed by atoms with Crippen LogP contribution in [0.25, 0.3) is 10.8 Å². The van der Waals surface area contributed by atoms with E-state index in [1.54, 1.807) is 0 Å². The number of rotatable bonds is 0. The van der Waals surface area contributed by atoms with Gasteiger partial charge in [0.1, 0.15) is 0 Å². The van der Waals surface area contributed by atoms with Crippen LogP contribution in [0.3, 0.4) is 0 Å². The zero-order valence-corrected chi connectivity index (χ0v) is 14.7. The Bertz CT molecular complexity index is 730. The van der Waals surface area contributed by atoms with Gasteiger partial charge in [-0.2, -0.15) is 0 Å². The molecule has 1 aliphatic carbocycles. The van der Waals surface area contributed by atoms with Crippen molar-refractivity contribution in [2.24, 2.45) is 0 Å². The van der Waals surface area contributed by atoms with E-state index in [1.165, 1.54) is 0 Å². The van der Waals surface area contributed by atoms with Gasteiger partial charge in [-0.1, -0.05) is 44.0 Å². The van der Waals surface area contributed by atoms with Crippen LogP contribution in [0, 0.1) is 0 Å². The number of benzene rings is 2. The molecule has 0 unspecified atom stereocenters.